The molecule has 1 heterocycles. The molecular weight excluding hydrogens is 330 g/mol. The van der Waals surface area contributed by atoms with Gasteiger partial charge in [-0.2, -0.15) is 5.10 Å². The van der Waals surface area contributed by atoms with Crippen LogP contribution >= 0.6 is 11.8 Å². The number of benzene rings is 2. The van der Waals surface area contributed by atoms with Crippen molar-refractivity contribution < 1.29 is 4.74 Å². The molecule has 1 atom stereocenters. The number of rotatable bonds is 4. The minimum Gasteiger partial charge on any atom is -0.382 e. The minimum absolute atomic E-state index is 0.133. The Kier molecular flexibility index (Phi) is 4.59. The zero-order chi connectivity index (χ0) is 17.2. The second-order valence-corrected chi connectivity index (χ2v) is 7.37. The molecule has 2 aliphatic rings. The molecule has 0 fully saturated rings. The summed E-state index contributed by atoms with van der Waals surface area (Å²) in [6.07, 6.45) is 1.03. The monoisotopic (exact) mass is 351 g/mol. The van der Waals surface area contributed by atoms with Crippen LogP contribution in [0.1, 0.15) is 23.6 Å². The van der Waals surface area contributed by atoms with E-state index in [0.29, 0.717) is 6.61 Å². The van der Waals surface area contributed by atoms with Gasteiger partial charge >= 0.3 is 0 Å². The molecule has 1 aliphatic heterocycles. The van der Waals surface area contributed by atoms with Gasteiger partial charge < -0.3 is 4.74 Å². The van der Waals surface area contributed by atoms with E-state index in [1.807, 2.05) is 6.92 Å². The predicted molar refractivity (Wildman–Crippen MR) is 106 cm³/mol. The largest absolute Gasteiger partial charge is 0.382 e. The average molecular weight is 351 g/mol. The van der Waals surface area contributed by atoms with Crippen molar-refractivity contribution in [2.45, 2.75) is 19.4 Å². The van der Waals surface area contributed by atoms with Gasteiger partial charge in [-0.1, -0.05) is 48.2 Å². The normalized spacial score (nSPS) is 18.3. The predicted octanol–water partition coefficient (Wildman–Crippen LogP) is 3.69. The lowest BCUT2D eigenvalue weighted by Crippen LogP contribution is -2.27. The maximum Gasteiger partial charge on any atom is 0.177 e. The van der Waals surface area contributed by atoms with Crippen LogP contribution in [0.5, 0.6) is 0 Å². The number of hydrazone groups is 1. The summed E-state index contributed by atoms with van der Waals surface area (Å²) in [4.78, 5) is 4.58. The first kappa shape index (κ1) is 16.4. The number of fused-ring (bicyclic) bond motifs is 3. The lowest BCUT2D eigenvalue weighted by Gasteiger charge is -2.17. The molecule has 1 aliphatic carbocycles. The van der Waals surface area contributed by atoms with Crippen LogP contribution in [0.15, 0.2) is 52.6 Å². The van der Waals surface area contributed by atoms with E-state index in [1.54, 1.807) is 18.9 Å². The second-order valence-electron chi connectivity index (χ2n) is 6.40. The highest BCUT2D eigenvalue weighted by Crippen LogP contribution is 2.37. The molecule has 1 unspecified atom stereocenters. The molecule has 0 bridgehead atoms. The summed E-state index contributed by atoms with van der Waals surface area (Å²) < 4.78 is 5.13. The van der Waals surface area contributed by atoms with Crippen LogP contribution in [-0.2, 0) is 11.2 Å². The van der Waals surface area contributed by atoms with Gasteiger partial charge in [0, 0.05) is 12.9 Å². The van der Waals surface area contributed by atoms with Crippen molar-refractivity contribution >= 4 is 22.6 Å². The molecule has 0 radical (unpaired) electrons. The van der Waals surface area contributed by atoms with Crippen molar-refractivity contribution in [3.63, 3.8) is 0 Å². The molecule has 128 valence electrons. The number of amidine groups is 1. The first-order chi connectivity index (χ1) is 12.2. The summed E-state index contributed by atoms with van der Waals surface area (Å²) in [7, 11) is 1.69. The molecule has 0 saturated heterocycles. The number of hydrogen-bond donors (Lipinski definition) is 1. The Hall–Kier alpha value is -2.11. The molecule has 2 aromatic rings. The van der Waals surface area contributed by atoms with Gasteiger partial charge in [-0.3, -0.25) is 10.4 Å². The van der Waals surface area contributed by atoms with Crippen LogP contribution in [0.4, 0.5) is 0 Å². The minimum atomic E-state index is 0.133. The Morgan fingerprint density at radius 3 is 2.84 bits per heavy atom. The van der Waals surface area contributed by atoms with Gasteiger partial charge in [0.15, 0.2) is 5.17 Å². The van der Waals surface area contributed by atoms with E-state index >= 15 is 0 Å². The summed E-state index contributed by atoms with van der Waals surface area (Å²) in [6, 6.07) is 15.5. The number of thioether (sulfide) groups is 1. The summed E-state index contributed by atoms with van der Waals surface area (Å²) >= 11 is 1.69. The van der Waals surface area contributed by atoms with E-state index in [9.17, 15) is 0 Å². The Morgan fingerprint density at radius 1 is 1.20 bits per heavy atom. The van der Waals surface area contributed by atoms with E-state index in [0.717, 1.165) is 23.1 Å². The highest BCUT2D eigenvalue weighted by Gasteiger charge is 2.20. The van der Waals surface area contributed by atoms with Crippen LogP contribution in [0.25, 0.3) is 11.1 Å². The number of methoxy groups -OCH3 is 1. The maximum absolute atomic E-state index is 5.13. The number of hydrogen-bond acceptors (Lipinski definition) is 4. The first-order valence-electron chi connectivity index (χ1n) is 8.48. The standard InChI is InChI=1S/C20H21N3OS/c1-13(11-24-2)21-20-23-22-19(12-25-20)16-8-7-15-9-14-5-3-4-6-17(14)18(15)10-16/h3-8,10,13H,9,11-12H2,1-2H3,(H,21,23). The number of nitrogens with one attached hydrogen (secondary N) is 1. The van der Waals surface area contributed by atoms with Gasteiger partial charge in [-0.15, -0.1) is 0 Å². The Balaban J connectivity index is 1.56. The number of aliphatic imine (C=N–C) groups is 1. The Labute approximate surface area is 152 Å². The van der Waals surface area contributed by atoms with Crippen LogP contribution in [0, 0.1) is 0 Å². The van der Waals surface area contributed by atoms with Crippen molar-refractivity contribution in [2.75, 3.05) is 19.5 Å². The van der Waals surface area contributed by atoms with E-state index in [4.69, 9.17) is 4.74 Å². The highest BCUT2D eigenvalue weighted by molar-refractivity contribution is 8.14. The molecule has 0 amide bonds. The second kappa shape index (κ2) is 7.02. The van der Waals surface area contributed by atoms with Crippen molar-refractivity contribution in [2.24, 2.45) is 10.1 Å². The lowest BCUT2D eigenvalue weighted by molar-refractivity contribution is 0.186. The third-order valence-corrected chi connectivity index (χ3v) is 5.40. The van der Waals surface area contributed by atoms with E-state index < -0.39 is 0 Å². The fourth-order valence-corrected chi connectivity index (χ4v) is 4.18. The lowest BCUT2D eigenvalue weighted by atomic mass is 10.0. The SMILES string of the molecule is COCC(C)N=C1NN=C(c2ccc3c(c2)-c2ccccc2C3)CS1. The summed E-state index contributed by atoms with van der Waals surface area (Å²) in [5, 5.41) is 5.41. The summed E-state index contributed by atoms with van der Waals surface area (Å²) in [6.45, 7) is 2.66. The molecule has 0 spiro atoms. The topological polar surface area (TPSA) is 46.0 Å². The molecule has 4 nitrogen and oxygen atoms in total. The van der Waals surface area contributed by atoms with E-state index in [-0.39, 0.29) is 6.04 Å². The third kappa shape index (κ3) is 3.34. The molecule has 5 heteroatoms. The number of nitrogens with zero attached hydrogens (tertiary/aromatic N) is 2. The fourth-order valence-electron chi connectivity index (χ4n) is 3.31. The zero-order valence-electron chi connectivity index (χ0n) is 14.5. The van der Waals surface area contributed by atoms with Crippen molar-refractivity contribution in [3.8, 4) is 11.1 Å². The van der Waals surface area contributed by atoms with E-state index in [1.165, 1.54) is 27.8 Å². The smallest absolute Gasteiger partial charge is 0.177 e. The quantitative estimate of drug-likeness (QED) is 0.780. The van der Waals surface area contributed by atoms with Crippen LogP contribution in [0.3, 0.4) is 0 Å². The van der Waals surface area contributed by atoms with Gasteiger partial charge in [0.2, 0.25) is 0 Å². The number of ether oxygens (including phenoxy) is 1. The van der Waals surface area contributed by atoms with Crippen LogP contribution in [0.2, 0.25) is 0 Å². The first-order valence-corrected chi connectivity index (χ1v) is 9.47. The van der Waals surface area contributed by atoms with Crippen LogP contribution < -0.4 is 5.43 Å². The van der Waals surface area contributed by atoms with Crippen molar-refractivity contribution in [1.29, 1.82) is 0 Å². The molecular formula is C20H21N3OS. The van der Waals surface area contributed by atoms with Gasteiger partial charge in [0.1, 0.15) is 0 Å². The molecule has 1 N–H and O–H groups in total. The maximum atomic E-state index is 5.13. The van der Waals surface area contributed by atoms with Gasteiger partial charge in [-0.25, -0.2) is 0 Å². The molecule has 0 saturated carbocycles. The molecule has 2 aromatic carbocycles. The zero-order valence-corrected chi connectivity index (χ0v) is 15.3. The van der Waals surface area contributed by atoms with Crippen molar-refractivity contribution in [1.82, 2.24) is 5.43 Å². The average Bonchev–Trinajstić information content (AvgIpc) is 3.00. The summed E-state index contributed by atoms with van der Waals surface area (Å²) in [5.41, 5.74) is 10.8. The third-order valence-electron chi connectivity index (χ3n) is 4.51. The van der Waals surface area contributed by atoms with E-state index in [2.05, 4.69) is 58.0 Å². The highest BCUT2D eigenvalue weighted by atomic mass is 32.2. The molecule has 4 rings (SSSR count). The van der Waals surface area contributed by atoms with Gasteiger partial charge in [0.05, 0.1) is 18.4 Å². The van der Waals surface area contributed by atoms with Crippen LogP contribution in [-0.4, -0.2) is 36.4 Å². The Morgan fingerprint density at radius 2 is 2.04 bits per heavy atom. The molecule has 25 heavy (non-hydrogen) atoms. The molecule has 0 aromatic heterocycles. The fraction of sp³-hybridized carbons (Fsp3) is 0.300. The Bertz CT molecular complexity index is 860. The van der Waals surface area contributed by atoms with Crippen molar-refractivity contribution in [3.05, 3.63) is 59.2 Å². The summed E-state index contributed by atoms with van der Waals surface area (Å²) in [5.74, 6) is 0.825. The van der Waals surface area contributed by atoms with Gasteiger partial charge in [0.25, 0.3) is 0 Å². The van der Waals surface area contributed by atoms with Gasteiger partial charge in [-0.05, 0) is 47.2 Å².